The summed E-state index contributed by atoms with van der Waals surface area (Å²) in [7, 11) is 0. The second-order valence-corrected chi connectivity index (χ2v) is 3.95. The van der Waals surface area contributed by atoms with Crippen LogP contribution in [0.5, 0.6) is 0 Å². The lowest BCUT2D eigenvalue weighted by Gasteiger charge is -2.38. The van der Waals surface area contributed by atoms with Gasteiger partial charge >= 0.3 is 0 Å². The highest BCUT2D eigenvalue weighted by molar-refractivity contribution is 4.87. The van der Waals surface area contributed by atoms with Crippen molar-refractivity contribution in [3.05, 3.63) is 0 Å². The summed E-state index contributed by atoms with van der Waals surface area (Å²) in [5, 5.41) is 12.8. The van der Waals surface area contributed by atoms with E-state index in [4.69, 9.17) is 0 Å². The van der Waals surface area contributed by atoms with Gasteiger partial charge in [-0.25, -0.2) is 0 Å². The zero-order valence-electron chi connectivity index (χ0n) is 6.92. The molecule has 1 aliphatic carbocycles. The van der Waals surface area contributed by atoms with Crippen LogP contribution in [0.4, 0.5) is 0 Å². The van der Waals surface area contributed by atoms with Gasteiger partial charge in [-0.1, -0.05) is 12.8 Å². The molecule has 0 spiro atoms. The summed E-state index contributed by atoms with van der Waals surface area (Å²) in [6, 6.07) is 0.729. The van der Waals surface area contributed by atoms with Gasteiger partial charge in [0.1, 0.15) is 0 Å². The Hall–Kier alpha value is -0.0800. The lowest BCUT2D eigenvalue weighted by Crippen LogP contribution is -2.48. The van der Waals surface area contributed by atoms with Crippen molar-refractivity contribution in [2.75, 3.05) is 6.54 Å². The van der Waals surface area contributed by atoms with Gasteiger partial charge in [0.15, 0.2) is 0 Å². The summed E-state index contributed by atoms with van der Waals surface area (Å²) in [6.07, 6.45) is 6.37. The highest BCUT2D eigenvalue weighted by Crippen LogP contribution is 2.30. The van der Waals surface area contributed by atoms with E-state index >= 15 is 0 Å². The van der Waals surface area contributed by atoms with Gasteiger partial charge < -0.3 is 10.4 Å². The van der Waals surface area contributed by atoms with E-state index < -0.39 is 0 Å². The number of aliphatic hydroxyl groups is 1. The number of hydrogen-bond acceptors (Lipinski definition) is 2. The van der Waals surface area contributed by atoms with Crippen molar-refractivity contribution >= 4 is 0 Å². The van der Waals surface area contributed by atoms with E-state index in [2.05, 4.69) is 5.32 Å². The molecule has 1 saturated carbocycles. The Morgan fingerprint density at radius 3 is 2.91 bits per heavy atom. The van der Waals surface area contributed by atoms with Gasteiger partial charge in [0.2, 0.25) is 0 Å². The number of fused-ring (bicyclic) bond motifs is 1. The van der Waals surface area contributed by atoms with Crippen molar-refractivity contribution in [2.45, 2.75) is 44.2 Å². The standard InChI is InChI=1S/C9H17NO/c11-8-5-7-3-1-2-4-9(7)10-6-8/h7-11H,1-6H2/t7-,8+,9+/m1/s1. The lowest BCUT2D eigenvalue weighted by atomic mass is 9.79. The van der Waals surface area contributed by atoms with Gasteiger partial charge in [-0.05, 0) is 25.2 Å². The van der Waals surface area contributed by atoms with Crippen LogP contribution in [0.2, 0.25) is 0 Å². The van der Waals surface area contributed by atoms with Crippen LogP contribution in [0.25, 0.3) is 0 Å². The Morgan fingerprint density at radius 2 is 2.00 bits per heavy atom. The number of rotatable bonds is 0. The molecule has 0 bridgehead atoms. The SMILES string of the molecule is O[C@@H]1CN[C@H]2CCCC[C@@H]2C1. The Bertz CT molecular complexity index is 138. The maximum Gasteiger partial charge on any atom is 0.0667 e. The predicted octanol–water partition coefficient (Wildman–Crippen LogP) is 0.899. The van der Waals surface area contributed by atoms with E-state index in [-0.39, 0.29) is 6.10 Å². The second-order valence-electron chi connectivity index (χ2n) is 3.95. The summed E-state index contributed by atoms with van der Waals surface area (Å²) < 4.78 is 0. The third kappa shape index (κ3) is 1.57. The minimum atomic E-state index is -0.0747. The van der Waals surface area contributed by atoms with E-state index in [9.17, 15) is 5.11 Å². The molecule has 11 heavy (non-hydrogen) atoms. The fourth-order valence-electron chi connectivity index (χ4n) is 2.48. The smallest absolute Gasteiger partial charge is 0.0667 e. The summed E-state index contributed by atoms with van der Waals surface area (Å²) in [5.74, 6) is 0.771. The molecule has 0 unspecified atom stereocenters. The largest absolute Gasteiger partial charge is 0.392 e. The summed E-state index contributed by atoms with van der Waals surface area (Å²) >= 11 is 0. The summed E-state index contributed by atoms with van der Waals surface area (Å²) in [6.45, 7) is 0.821. The molecule has 0 aromatic heterocycles. The van der Waals surface area contributed by atoms with Crippen molar-refractivity contribution in [1.82, 2.24) is 5.32 Å². The van der Waals surface area contributed by atoms with Crippen LogP contribution in [0.15, 0.2) is 0 Å². The van der Waals surface area contributed by atoms with Crippen LogP contribution >= 0.6 is 0 Å². The zero-order valence-corrected chi connectivity index (χ0v) is 6.92. The molecule has 3 atom stereocenters. The monoisotopic (exact) mass is 155 g/mol. The molecule has 1 heterocycles. The molecule has 1 aliphatic heterocycles. The normalized spacial score (nSPS) is 45.0. The number of piperidine rings is 1. The molecule has 2 nitrogen and oxygen atoms in total. The minimum Gasteiger partial charge on any atom is -0.392 e. The van der Waals surface area contributed by atoms with Gasteiger partial charge in [0.05, 0.1) is 6.10 Å². The molecule has 2 rings (SSSR count). The first-order chi connectivity index (χ1) is 5.36. The number of hydrogen-bond donors (Lipinski definition) is 2. The highest BCUT2D eigenvalue weighted by atomic mass is 16.3. The third-order valence-electron chi connectivity index (χ3n) is 3.10. The maximum atomic E-state index is 9.39. The molecule has 0 amide bonds. The fourth-order valence-corrected chi connectivity index (χ4v) is 2.48. The van der Waals surface area contributed by atoms with Gasteiger partial charge in [-0.15, -0.1) is 0 Å². The predicted molar refractivity (Wildman–Crippen MR) is 44.4 cm³/mol. The topological polar surface area (TPSA) is 32.3 Å². The molecule has 0 aromatic rings. The minimum absolute atomic E-state index is 0.0747. The average Bonchev–Trinajstić information content (AvgIpc) is 2.04. The van der Waals surface area contributed by atoms with Crippen LogP contribution in [0.3, 0.4) is 0 Å². The highest BCUT2D eigenvalue weighted by Gasteiger charge is 2.30. The molecule has 2 N–H and O–H groups in total. The first-order valence-electron chi connectivity index (χ1n) is 4.78. The second kappa shape index (κ2) is 3.11. The summed E-state index contributed by atoms with van der Waals surface area (Å²) in [4.78, 5) is 0. The Balaban J connectivity index is 1.93. The van der Waals surface area contributed by atoms with Gasteiger partial charge in [0, 0.05) is 12.6 Å². The van der Waals surface area contributed by atoms with Crippen molar-refractivity contribution in [1.29, 1.82) is 0 Å². The third-order valence-corrected chi connectivity index (χ3v) is 3.10. The Labute approximate surface area is 68.0 Å². The van der Waals surface area contributed by atoms with E-state index in [0.29, 0.717) is 0 Å². The Kier molecular flexibility index (Phi) is 2.14. The van der Waals surface area contributed by atoms with Crippen LogP contribution in [-0.2, 0) is 0 Å². The van der Waals surface area contributed by atoms with Gasteiger partial charge in [-0.3, -0.25) is 0 Å². The Morgan fingerprint density at radius 1 is 1.18 bits per heavy atom. The van der Waals surface area contributed by atoms with Crippen LogP contribution in [0, 0.1) is 5.92 Å². The lowest BCUT2D eigenvalue weighted by molar-refractivity contribution is 0.0728. The molecule has 2 heteroatoms. The molecule has 0 aromatic carbocycles. The van der Waals surface area contributed by atoms with Crippen molar-refractivity contribution < 1.29 is 5.11 Å². The van der Waals surface area contributed by atoms with Crippen molar-refractivity contribution in [2.24, 2.45) is 5.92 Å². The quantitative estimate of drug-likeness (QED) is 0.544. The van der Waals surface area contributed by atoms with Crippen molar-refractivity contribution in [3.8, 4) is 0 Å². The van der Waals surface area contributed by atoms with Crippen LogP contribution in [0.1, 0.15) is 32.1 Å². The molecule has 0 radical (unpaired) electrons. The molecule has 1 saturated heterocycles. The molecule has 2 fully saturated rings. The first kappa shape index (κ1) is 7.56. The maximum absolute atomic E-state index is 9.39. The molecule has 2 aliphatic rings. The molecule has 64 valence electrons. The number of β-amino-alcohol motifs (C(OH)–C–C–N with tert-alkyl or cyclic N) is 1. The fraction of sp³-hybridized carbons (Fsp3) is 1.00. The van der Waals surface area contributed by atoms with Crippen LogP contribution < -0.4 is 5.32 Å². The van der Waals surface area contributed by atoms with Crippen molar-refractivity contribution in [3.63, 3.8) is 0 Å². The van der Waals surface area contributed by atoms with E-state index in [1.165, 1.54) is 25.7 Å². The van der Waals surface area contributed by atoms with E-state index in [1.807, 2.05) is 0 Å². The number of nitrogens with one attached hydrogen (secondary N) is 1. The number of aliphatic hydroxyl groups excluding tert-OH is 1. The zero-order chi connectivity index (χ0) is 7.68. The van der Waals surface area contributed by atoms with Gasteiger partial charge in [0.25, 0.3) is 0 Å². The molecular weight excluding hydrogens is 138 g/mol. The van der Waals surface area contributed by atoms with E-state index in [1.54, 1.807) is 0 Å². The average molecular weight is 155 g/mol. The van der Waals surface area contributed by atoms with Gasteiger partial charge in [-0.2, -0.15) is 0 Å². The van der Waals surface area contributed by atoms with Crippen LogP contribution in [-0.4, -0.2) is 23.8 Å². The first-order valence-corrected chi connectivity index (χ1v) is 4.78. The molecular formula is C9H17NO. The van der Waals surface area contributed by atoms with E-state index in [0.717, 1.165) is 24.9 Å². The summed E-state index contributed by atoms with van der Waals surface area (Å²) in [5.41, 5.74) is 0.